The second-order valence-corrected chi connectivity index (χ2v) is 6.08. The number of hydrogen-bond donors (Lipinski definition) is 0. The van der Waals surface area contributed by atoms with E-state index < -0.39 is 86.9 Å². The maximum atomic E-state index is 12.9. The molecule has 0 unspecified atom stereocenters. The average molecular weight is 510 g/mol. The first kappa shape index (κ1) is 30.0. The van der Waals surface area contributed by atoms with Gasteiger partial charge in [-0.05, 0) is 12.8 Å². The lowest BCUT2D eigenvalue weighted by Gasteiger charge is -2.27. The molecule has 0 spiro atoms. The lowest BCUT2D eigenvalue weighted by Crippen LogP contribution is -2.54. The van der Waals surface area contributed by atoms with Crippen molar-refractivity contribution in [3.63, 3.8) is 0 Å². The minimum Gasteiger partial charge on any atom is -0.459 e. The molecule has 18 heteroatoms. The third-order valence-corrected chi connectivity index (χ3v) is 3.47. The molecule has 0 amide bonds. The van der Waals surface area contributed by atoms with E-state index in [0.29, 0.717) is 0 Å². The standard InChI is InChI=1S/C14H12F14O4/c15-9(16,11(19,20)13(23,24)25)5-31-7(29)3-1-2-4-8(30)32-6-10(17,18)12(21,22)14(26,27)28/h1-6H2. The Morgan fingerprint density at radius 1 is 0.500 bits per heavy atom. The Labute approximate surface area is 168 Å². The number of rotatable bonds is 11. The summed E-state index contributed by atoms with van der Waals surface area (Å²) in [6.07, 6.45) is -16.3. The van der Waals surface area contributed by atoms with E-state index in [1.165, 1.54) is 0 Å². The molecule has 32 heavy (non-hydrogen) atoms. The summed E-state index contributed by atoms with van der Waals surface area (Å²) in [5.41, 5.74) is 0. The van der Waals surface area contributed by atoms with E-state index in [1.807, 2.05) is 0 Å². The fourth-order valence-corrected chi connectivity index (χ4v) is 1.62. The van der Waals surface area contributed by atoms with Gasteiger partial charge in [-0.2, -0.15) is 61.5 Å². The van der Waals surface area contributed by atoms with Gasteiger partial charge in [0.15, 0.2) is 13.2 Å². The molecule has 0 aliphatic heterocycles. The maximum absolute atomic E-state index is 12.9. The Morgan fingerprint density at radius 2 is 0.750 bits per heavy atom. The molecule has 0 aromatic rings. The maximum Gasteiger partial charge on any atom is 0.460 e. The van der Waals surface area contributed by atoms with Crippen LogP contribution in [0.4, 0.5) is 61.5 Å². The normalized spacial score (nSPS) is 14.3. The van der Waals surface area contributed by atoms with Crippen LogP contribution in [-0.2, 0) is 19.1 Å². The van der Waals surface area contributed by atoms with Crippen LogP contribution in [-0.4, -0.2) is 61.2 Å². The molecular formula is C14H12F14O4. The number of unbranched alkanes of at least 4 members (excludes halogenated alkanes) is 1. The van der Waals surface area contributed by atoms with E-state index in [0.717, 1.165) is 0 Å². The van der Waals surface area contributed by atoms with E-state index in [9.17, 15) is 71.1 Å². The highest BCUT2D eigenvalue weighted by molar-refractivity contribution is 5.70. The summed E-state index contributed by atoms with van der Waals surface area (Å²) in [5, 5.41) is 0. The van der Waals surface area contributed by atoms with E-state index in [1.54, 1.807) is 0 Å². The monoisotopic (exact) mass is 510 g/mol. The molecular weight excluding hydrogens is 498 g/mol. The van der Waals surface area contributed by atoms with Crippen LogP contribution in [0.25, 0.3) is 0 Å². The predicted molar refractivity (Wildman–Crippen MR) is 72.3 cm³/mol. The molecule has 0 aromatic carbocycles. The first-order chi connectivity index (χ1) is 14.0. The molecule has 0 fully saturated rings. The van der Waals surface area contributed by atoms with Crippen molar-refractivity contribution in [1.29, 1.82) is 0 Å². The molecule has 0 atom stereocenters. The lowest BCUT2D eigenvalue weighted by atomic mass is 10.1. The summed E-state index contributed by atoms with van der Waals surface area (Å²) in [7, 11) is 0. The summed E-state index contributed by atoms with van der Waals surface area (Å²) in [4.78, 5) is 22.2. The largest absolute Gasteiger partial charge is 0.460 e. The van der Waals surface area contributed by atoms with Crippen molar-refractivity contribution >= 4 is 11.9 Å². The Hall–Kier alpha value is -2.04. The minimum atomic E-state index is -6.65. The zero-order valence-electron chi connectivity index (χ0n) is 15.2. The number of carbonyl (C=O) groups excluding carboxylic acids is 2. The fraction of sp³-hybridized carbons (Fsp3) is 0.857. The van der Waals surface area contributed by atoms with Gasteiger partial charge in [0.2, 0.25) is 0 Å². The molecule has 0 aliphatic carbocycles. The van der Waals surface area contributed by atoms with Crippen LogP contribution in [0.5, 0.6) is 0 Å². The van der Waals surface area contributed by atoms with Crippen LogP contribution < -0.4 is 0 Å². The Balaban J connectivity index is 4.41. The van der Waals surface area contributed by atoms with Gasteiger partial charge >= 0.3 is 48.0 Å². The molecule has 190 valence electrons. The minimum absolute atomic E-state index is 0.537. The predicted octanol–water partition coefficient (Wildman–Crippen LogP) is 5.30. The zero-order valence-corrected chi connectivity index (χ0v) is 15.2. The average Bonchev–Trinajstić information content (AvgIpc) is 2.59. The molecule has 0 saturated heterocycles. The third kappa shape index (κ3) is 7.25. The number of alkyl halides is 14. The molecule has 0 aromatic heterocycles. The molecule has 0 rings (SSSR count). The number of ether oxygens (including phenoxy) is 2. The van der Waals surface area contributed by atoms with Gasteiger partial charge in [0.1, 0.15) is 0 Å². The van der Waals surface area contributed by atoms with Gasteiger partial charge in [0.05, 0.1) is 0 Å². The van der Waals surface area contributed by atoms with Gasteiger partial charge < -0.3 is 9.47 Å². The van der Waals surface area contributed by atoms with E-state index in [4.69, 9.17) is 0 Å². The molecule has 0 radical (unpaired) electrons. The Kier molecular flexibility index (Phi) is 9.22. The second kappa shape index (κ2) is 9.84. The van der Waals surface area contributed by atoms with Crippen molar-refractivity contribution in [2.24, 2.45) is 0 Å². The number of carbonyl (C=O) groups is 2. The quantitative estimate of drug-likeness (QED) is 0.215. The SMILES string of the molecule is O=C(CCCCC(=O)OCC(F)(F)C(F)(F)C(F)(F)F)OCC(F)(F)C(F)(F)C(F)(F)F. The lowest BCUT2D eigenvalue weighted by molar-refractivity contribution is -0.360. The van der Waals surface area contributed by atoms with E-state index in [2.05, 4.69) is 9.47 Å². The highest BCUT2D eigenvalue weighted by Gasteiger charge is 2.74. The second-order valence-electron chi connectivity index (χ2n) is 6.08. The van der Waals surface area contributed by atoms with Crippen LogP contribution in [0, 0.1) is 0 Å². The summed E-state index contributed by atoms with van der Waals surface area (Å²) >= 11 is 0. The van der Waals surface area contributed by atoms with Crippen LogP contribution >= 0.6 is 0 Å². The van der Waals surface area contributed by atoms with Crippen molar-refractivity contribution < 1.29 is 80.5 Å². The molecule has 0 saturated carbocycles. The zero-order chi connectivity index (χ0) is 25.8. The van der Waals surface area contributed by atoms with Crippen molar-refractivity contribution in [3.8, 4) is 0 Å². The van der Waals surface area contributed by atoms with Gasteiger partial charge in [0, 0.05) is 12.8 Å². The molecule has 0 N–H and O–H groups in total. The van der Waals surface area contributed by atoms with Crippen molar-refractivity contribution in [2.45, 2.75) is 61.7 Å². The van der Waals surface area contributed by atoms with Crippen LogP contribution in [0.3, 0.4) is 0 Å². The van der Waals surface area contributed by atoms with Crippen molar-refractivity contribution in [1.82, 2.24) is 0 Å². The van der Waals surface area contributed by atoms with Gasteiger partial charge in [-0.25, -0.2) is 0 Å². The Bertz CT molecular complexity index is 597. The molecule has 4 nitrogen and oxygen atoms in total. The van der Waals surface area contributed by atoms with Crippen LogP contribution in [0.15, 0.2) is 0 Å². The summed E-state index contributed by atoms with van der Waals surface area (Å²) < 4.78 is 180. The van der Waals surface area contributed by atoms with Crippen molar-refractivity contribution in [2.75, 3.05) is 13.2 Å². The first-order valence-electron chi connectivity index (χ1n) is 7.95. The fourth-order valence-electron chi connectivity index (χ4n) is 1.62. The number of halogens is 14. The van der Waals surface area contributed by atoms with E-state index >= 15 is 0 Å². The molecule has 0 heterocycles. The van der Waals surface area contributed by atoms with E-state index in [-0.39, 0.29) is 0 Å². The number of hydrogen-bond acceptors (Lipinski definition) is 4. The van der Waals surface area contributed by atoms with Gasteiger partial charge in [0.25, 0.3) is 0 Å². The summed E-state index contributed by atoms with van der Waals surface area (Å²) in [6.45, 7) is -5.30. The Morgan fingerprint density at radius 3 is 0.969 bits per heavy atom. The molecule has 0 bridgehead atoms. The van der Waals surface area contributed by atoms with Gasteiger partial charge in [-0.1, -0.05) is 0 Å². The first-order valence-corrected chi connectivity index (χ1v) is 7.95. The topological polar surface area (TPSA) is 52.6 Å². The third-order valence-electron chi connectivity index (χ3n) is 3.47. The van der Waals surface area contributed by atoms with Gasteiger partial charge in [-0.15, -0.1) is 0 Å². The van der Waals surface area contributed by atoms with Crippen LogP contribution in [0.2, 0.25) is 0 Å². The summed E-state index contributed by atoms with van der Waals surface area (Å²) in [6, 6.07) is 0. The van der Waals surface area contributed by atoms with Crippen molar-refractivity contribution in [3.05, 3.63) is 0 Å². The summed E-state index contributed by atoms with van der Waals surface area (Å²) in [5.74, 6) is -28.1. The van der Waals surface area contributed by atoms with Gasteiger partial charge in [-0.3, -0.25) is 9.59 Å². The highest BCUT2D eigenvalue weighted by atomic mass is 19.4. The number of esters is 2. The molecule has 0 aliphatic rings. The van der Waals surface area contributed by atoms with Crippen LogP contribution in [0.1, 0.15) is 25.7 Å². The highest BCUT2D eigenvalue weighted by Crippen LogP contribution is 2.47. The smallest absolute Gasteiger partial charge is 0.459 e.